The SMILES string of the molecule is CCCC1CCCC1(F)F. The van der Waals surface area contributed by atoms with Crippen molar-refractivity contribution in [2.45, 2.75) is 45.0 Å². The summed E-state index contributed by atoms with van der Waals surface area (Å²) in [6.07, 6.45) is 3.17. The first-order valence-electron chi connectivity index (χ1n) is 4.04. The molecule has 1 aliphatic carbocycles. The predicted molar refractivity (Wildman–Crippen MR) is 37.2 cm³/mol. The van der Waals surface area contributed by atoms with Gasteiger partial charge in [0.15, 0.2) is 0 Å². The van der Waals surface area contributed by atoms with E-state index >= 15 is 0 Å². The molecule has 0 amide bonds. The van der Waals surface area contributed by atoms with Gasteiger partial charge in [-0.1, -0.05) is 13.3 Å². The van der Waals surface area contributed by atoms with E-state index in [1.54, 1.807) is 0 Å². The van der Waals surface area contributed by atoms with Gasteiger partial charge in [0, 0.05) is 12.3 Å². The lowest BCUT2D eigenvalue weighted by Crippen LogP contribution is -2.21. The minimum atomic E-state index is -2.34. The molecule has 2 heteroatoms. The molecule has 0 spiro atoms. The standard InChI is InChI=1S/C8H14F2/c1-2-4-7-5-3-6-8(7,9)10/h7H,2-6H2,1H3. The lowest BCUT2D eigenvalue weighted by Gasteiger charge is -2.17. The molecule has 1 unspecified atom stereocenters. The Labute approximate surface area is 60.6 Å². The van der Waals surface area contributed by atoms with Crippen molar-refractivity contribution < 1.29 is 8.78 Å². The summed E-state index contributed by atoms with van der Waals surface area (Å²) in [5, 5.41) is 0. The summed E-state index contributed by atoms with van der Waals surface area (Å²) in [4.78, 5) is 0. The van der Waals surface area contributed by atoms with Gasteiger partial charge in [0.05, 0.1) is 0 Å². The second-order valence-electron chi connectivity index (χ2n) is 3.14. The zero-order chi connectivity index (χ0) is 7.61. The highest BCUT2D eigenvalue weighted by molar-refractivity contribution is 4.83. The number of hydrogen-bond acceptors (Lipinski definition) is 0. The Bertz CT molecular complexity index is 110. The molecule has 0 saturated heterocycles. The summed E-state index contributed by atoms with van der Waals surface area (Å²) in [6, 6.07) is 0. The fraction of sp³-hybridized carbons (Fsp3) is 1.00. The fourth-order valence-corrected chi connectivity index (χ4v) is 1.70. The highest BCUT2D eigenvalue weighted by Crippen LogP contribution is 2.42. The van der Waals surface area contributed by atoms with E-state index in [1.165, 1.54) is 0 Å². The van der Waals surface area contributed by atoms with Crippen LogP contribution in [0.25, 0.3) is 0 Å². The zero-order valence-electron chi connectivity index (χ0n) is 6.37. The van der Waals surface area contributed by atoms with Gasteiger partial charge in [-0.25, -0.2) is 8.78 Å². The molecule has 1 saturated carbocycles. The zero-order valence-corrected chi connectivity index (χ0v) is 6.37. The normalized spacial score (nSPS) is 30.9. The summed E-state index contributed by atoms with van der Waals surface area (Å²) in [7, 11) is 0. The van der Waals surface area contributed by atoms with Gasteiger partial charge < -0.3 is 0 Å². The molecule has 0 aromatic carbocycles. The van der Waals surface area contributed by atoms with Gasteiger partial charge in [0.2, 0.25) is 0 Å². The topological polar surface area (TPSA) is 0 Å². The second kappa shape index (κ2) is 2.85. The van der Waals surface area contributed by atoms with Crippen LogP contribution in [0.1, 0.15) is 39.0 Å². The van der Waals surface area contributed by atoms with E-state index in [9.17, 15) is 8.78 Å². The highest BCUT2D eigenvalue weighted by atomic mass is 19.3. The average Bonchev–Trinajstić information content (AvgIpc) is 2.13. The molecule has 1 fully saturated rings. The Balaban J connectivity index is 2.43. The molecular weight excluding hydrogens is 134 g/mol. The van der Waals surface area contributed by atoms with Crippen LogP contribution in [0.3, 0.4) is 0 Å². The average molecular weight is 148 g/mol. The van der Waals surface area contributed by atoms with Gasteiger partial charge in [0.1, 0.15) is 0 Å². The maximum absolute atomic E-state index is 12.8. The molecule has 1 rings (SSSR count). The van der Waals surface area contributed by atoms with Crippen molar-refractivity contribution in [1.29, 1.82) is 0 Å². The van der Waals surface area contributed by atoms with E-state index in [2.05, 4.69) is 0 Å². The van der Waals surface area contributed by atoms with Gasteiger partial charge in [-0.2, -0.15) is 0 Å². The Morgan fingerprint density at radius 3 is 2.60 bits per heavy atom. The maximum Gasteiger partial charge on any atom is 0.250 e. The minimum absolute atomic E-state index is 0.123. The van der Waals surface area contributed by atoms with Crippen molar-refractivity contribution in [3.63, 3.8) is 0 Å². The van der Waals surface area contributed by atoms with Crippen molar-refractivity contribution in [2.24, 2.45) is 5.92 Å². The first-order valence-corrected chi connectivity index (χ1v) is 4.04. The van der Waals surface area contributed by atoms with Gasteiger partial charge in [-0.15, -0.1) is 0 Å². The van der Waals surface area contributed by atoms with Crippen LogP contribution in [0.4, 0.5) is 8.78 Å². The molecule has 0 N–H and O–H groups in total. The molecule has 0 aromatic heterocycles. The summed E-state index contributed by atoms with van der Waals surface area (Å²) >= 11 is 0. The minimum Gasteiger partial charge on any atom is -0.207 e. The maximum atomic E-state index is 12.8. The molecule has 0 heterocycles. The molecule has 10 heavy (non-hydrogen) atoms. The number of halogens is 2. The third-order valence-corrected chi connectivity index (χ3v) is 2.30. The van der Waals surface area contributed by atoms with Gasteiger partial charge in [-0.3, -0.25) is 0 Å². The highest BCUT2D eigenvalue weighted by Gasteiger charge is 2.42. The Hall–Kier alpha value is -0.140. The van der Waals surface area contributed by atoms with Crippen molar-refractivity contribution >= 4 is 0 Å². The van der Waals surface area contributed by atoms with Gasteiger partial charge >= 0.3 is 0 Å². The van der Waals surface area contributed by atoms with Crippen molar-refractivity contribution in [3.8, 4) is 0 Å². The number of hydrogen-bond donors (Lipinski definition) is 0. The number of rotatable bonds is 2. The second-order valence-corrected chi connectivity index (χ2v) is 3.14. The van der Waals surface area contributed by atoms with E-state index in [-0.39, 0.29) is 12.3 Å². The van der Waals surface area contributed by atoms with Crippen LogP contribution in [0.15, 0.2) is 0 Å². The summed E-state index contributed by atoms with van der Waals surface area (Å²) in [5.41, 5.74) is 0. The largest absolute Gasteiger partial charge is 0.250 e. The molecular formula is C8H14F2. The van der Waals surface area contributed by atoms with Crippen LogP contribution in [0.2, 0.25) is 0 Å². The smallest absolute Gasteiger partial charge is 0.207 e. The summed E-state index contributed by atoms with van der Waals surface area (Å²) in [5.74, 6) is -2.65. The summed E-state index contributed by atoms with van der Waals surface area (Å²) in [6.45, 7) is 1.97. The lowest BCUT2D eigenvalue weighted by molar-refractivity contribution is -0.0395. The van der Waals surface area contributed by atoms with Crippen LogP contribution in [-0.4, -0.2) is 5.92 Å². The molecule has 1 atom stereocenters. The lowest BCUT2D eigenvalue weighted by atomic mass is 10.00. The number of alkyl halides is 2. The van der Waals surface area contributed by atoms with Crippen molar-refractivity contribution in [3.05, 3.63) is 0 Å². The predicted octanol–water partition coefficient (Wildman–Crippen LogP) is 3.22. The monoisotopic (exact) mass is 148 g/mol. The molecule has 0 radical (unpaired) electrons. The third kappa shape index (κ3) is 1.47. The molecule has 1 aliphatic rings. The Morgan fingerprint density at radius 2 is 2.20 bits per heavy atom. The Kier molecular flexibility index (Phi) is 2.27. The van der Waals surface area contributed by atoms with E-state index in [1.807, 2.05) is 6.92 Å². The van der Waals surface area contributed by atoms with Crippen LogP contribution in [0.5, 0.6) is 0 Å². The molecule has 0 nitrogen and oxygen atoms in total. The van der Waals surface area contributed by atoms with Gasteiger partial charge in [0.25, 0.3) is 5.92 Å². The first kappa shape index (κ1) is 7.96. The molecule has 0 bridgehead atoms. The fourth-order valence-electron chi connectivity index (χ4n) is 1.70. The van der Waals surface area contributed by atoms with Crippen molar-refractivity contribution in [2.75, 3.05) is 0 Å². The Morgan fingerprint density at radius 1 is 1.50 bits per heavy atom. The van der Waals surface area contributed by atoms with Crippen molar-refractivity contribution in [1.82, 2.24) is 0 Å². The molecule has 0 aliphatic heterocycles. The van der Waals surface area contributed by atoms with E-state index in [4.69, 9.17) is 0 Å². The van der Waals surface area contributed by atoms with E-state index in [0.29, 0.717) is 6.42 Å². The van der Waals surface area contributed by atoms with Crippen LogP contribution in [-0.2, 0) is 0 Å². The van der Waals surface area contributed by atoms with E-state index in [0.717, 1.165) is 19.3 Å². The van der Waals surface area contributed by atoms with Crippen LogP contribution < -0.4 is 0 Å². The third-order valence-electron chi connectivity index (χ3n) is 2.30. The first-order chi connectivity index (χ1) is 4.67. The molecule has 60 valence electrons. The van der Waals surface area contributed by atoms with Gasteiger partial charge in [-0.05, 0) is 19.3 Å². The van der Waals surface area contributed by atoms with E-state index < -0.39 is 5.92 Å². The summed E-state index contributed by atoms with van der Waals surface area (Å²) < 4.78 is 25.6. The van der Waals surface area contributed by atoms with Crippen LogP contribution >= 0.6 is 0 Å². The quantitative estimate of drug-likeness (QED) is 0.564. The van der Waals surface area contributed by atoms with Crippen LogP contribution in [0, 0.1) is 5.92 Å². The molecule has 0 aromatic rings.